The molecule has 0 spiro atoms. The van der Waals surface area contributed by atoms with Gasteiger partial charge in [0.1, 0.15) is 5.75 Å². The van der Waals surface area contributed by atoms with Crippen LogP contribution < -0.4 is 10.1 Å². The number of rotatable bonds is 2. The molecule has 0 atom stereocenters. The molecule has 1 N–H and O–H groups in total. The van der Waals surface area contributed by atoms with Crippen LogP contribution in [0.3, 0.4) is 0 Å². The van der Waals surface area contributed by atoms with Crippen molar-refractivity contribution < 1.29 is 9.53 Å². The second kappa shape index (κ2) is 4.18. The zero-order valence-corrected chi connectivity index (χ0v) is 10.1. The summed E-state index contributed by atoms with van der Waals surface area (Å²) in [5, 5.41) is 2.87. The van der Waals surface area contributed by atoms with Gasteiger partial charge in [0.25, 0.3) is 0 Å². The van der Waals surface area contributed by atoms with Gasteiger partial charge in [-0.2, -0.15) is 0 Å². The summed E-state index contributed by atoms with van der Waals surface area (Å²) in [5.74, 6) is 0.873. The van der Waals surface area contributed by atoms with E-state index in [1.807, 2.05) is 42.5 Å². The van der Waals surface area contributed by atoms with Crippen molar-refractivity contribution in [1.82, 2.24) is 0 Å². The molecule has 0 bridgehead atoms. The summed E-state index contributed by atoms with van der Waals surface area (Å²) in [5.41, 5.74) is 4.03. The predicted molar refractivity (Wildman–Crippen MR) is 70.8 cm³/mol. The van der Waals surface area contributed by atoms with Crippen LogP contribution in [0.4, 0.5) is 5.69 Å². The van der Waals surface area contributed by atoms with Crippen molar-refractivity contribution in [3.8, 4) is 16.9 Å². The molecule has 3 heteroatoms. The summed E-state index contributed by atoms with van der Waals surface area (Å²) >= 11 is 0. The number of benzene rings is 2. The molecule has 0 unspecified atom stereocenters. The van der Waals surface area contributed by atoms with E-state index in [9.17, 15) is 4.79 Å². The minimum atomic E-state index is 0.0485. The molecule has 18 heavy (non-hydrogen) atoms. The van der Waals surface area contributed by atoms with E-state index in [2.05, 4.69) is 5.32 Å². The molecule has 90 valence electrons. The minimum Gasteiger partial charge on any atom is -0.496 e. The Morgan fingerprint density at radius 2 is 1.83 bits per heavy atom. The van der Waals surface area contributed by atoms with E-state index in [0.717, 1.165) is 28.1 Å². The van der Waals surface area contributed by atoms with Crippen molar-refractivity contribution in [2.45, 2.75) is 6.42 Å². The maximum atomic E-state index is 11.5. The molecule has 0 radical (unpaired) electrons. The molecule has 0 aliphatic carbocycles. The number of amides is 1. The van der Waals surface area contributed by atoms with Gasteiger partial charge in [0.05, 0.1) is 13.5 Å². The van der Waals surface area contributed by atoms with Crippen LogP contribution in [0, 0.1) is 0 Å². The number of hydrogen-bond acceptors (Lipinski definition) is 2. The molecule has 3 rings (SSSR count). The Morgan fingerprint density at radius 3 is 2.67 bits per heavy atom. The first-order valence-electron chi connectivity index (χ1n) is 5.84. The van der Waals surface area contributed by atoms with Gasteiger partial charge in [-0.1, -0.05) is 30.3 Å². The Balaban J connectivity index is 2.19. The number of carbonyl (C=O) groups excluding carboxylic acids is 1. The van der Waals surface area contributed by atoms with E-state index in [1.165, 1.54) is 0 Å². The number of nitrogens with one attached hydrogen (secondary N) is 1. The van der Waals surface area contributed by atoms with Crippen molar-refractivity contribution in [2.75, 3.05) is 12.4 Å². The molecule has 1 heterocycles. The zero-order chi connectivity index (χ0) is 12.5. The number of fused-ring (bicyclic) bond motifs is 1. The van der Waals surface area contributed by atoms with Gasteiger partial charge in [-0.05, 0) is 23.3 Å². The molecule has 0 saturated carbocycles. The lowest BCUT2D eigenvalue weighted by Gasteiger charge is -2.11. The van der Waals surface area contributed by atoms with E-state index in [0.29, 0.717) is 6.42 Å². The van der Waals surface area contributed by atoms with E-state index in [1.54, 1.807) is 7.11 Å². The topological polar surface area (TPSA) is 38.3 Å². The lowest BCUT2D eigenvalue weighted by atomic mass is 9.97. The van der Waals surface area contributed by atoms with Gasteiger partial charge in [-0.25, -0.2) is 0 Å². The van der Waals surface area contributed by atoms with Gasteiger partial charge >= 0.3 is 0 Å². The number of ether oxygens (including phenoxy) is 1. The van der Waals surface area contributed by atoms with E-state index < -0.39 is 0 Å². The number of anilines is 1. The fourth-order valence-corrected chi connectivity index (χ4v) is 2.37. The fraction of sp³-hybridized carbons (Fsp3) is 0.133. The van der Waals surface area contributed by atoms with Crippen LogP contribution in [0.25, 0.3) is 11.1 Å². The highest BCUT2D eigenvalue weighted by Gasteiger charge is 2.22. The quantitative estimate of drug-likeness (QED) is 0.875. The normalized spacial score (nSPS) is 13.1. The lowest BCUT2D eigenvalue weighted by molar-refractivity contribution is -0.115. The first-order valence-corrected chi connectivity index (χ1v) is 5.84. The van der Waals surface area contributed by atoms with E-state index in [-0.39, 0.29) is 5.91 Å². The molecule has 1 aliphatic rings. The van der Waals surface area contributed by atoms with E-state index in [4.69, 9.17) is 4.74 Å². The van der Waals surface area contributed by atoms with Crippen LogP contribution in [0.15, 0.2) is 42.5 Å². The summed E-state index contributed by atoms with van der Waals surface area (Å²) in [6.45, 7) is 0. The standard InChI is InChI=1S/C15H13NO2/c1-18-14-8-3-2-5-11(14)10-6-4-7-13-12(10)9-15(17)16-13/h2-8H,9H2,1H3,(H,16,17). The average molecular weight is 239 g/mol. The lowest BCUT2D eigenvalue weighted by Crippen LogP contribution is -2.03. The molecule has 2 aromatic carbocycles. The largest absolute Gasteiger partial charge is 0.496 e. The Bertz CT molecular complexity index is 620. The van der Waals surface area contributed by atoms with Crippen molar-refractivity contribution >= 4 is 11.6 Å². The third-order valence-corrected chi connectivity index (χ3v) is 3.18. The molecule has 0 aromatic heterocycles. The first kappa shape index (κ1) is 10.8. The minimum absolute atomic E-state index is 0.0485. The molecule has 0 fully saturated rings. The smallest absolute Gasteiger partial charge is 0.228 e. The third kappa shape index (κ3) is 1.64. The Kier molecular flexibility index (Phi) is 2.52. The molecular weight excluding hydrogens is 226 g/mol. The van der Waals surface area contributed by atoms with Gasteiger partial charge in [0.2, 0.25) is 5.91 Å². The number of carbonyl (C=O) groups is 1. The highest BCUT2D eigenvalue weighted by atomic mass is 16.5. The van der Waals surface area contributed by atoms with Crippen LogP contribution in [-0.2, 0) is 11.2 Å². The van der Waals surface area contributed by atoms with Crippen molar-refractivity contribution in [1.29, 1.82) is 0 Å². The van der Waals surface area contributed by atoms with Crippen LogP contribution in [0.5, 0.6) is 5.75 Å². The van der Waals surface area contributed by atoms with E-state index >= 15 is 0 Å². The van der Waals surface area contributed by atoms with Gasteiger partial charge in [-0.15, -0.1) is 0 Å². The monoisotopic (exact) mass is 239 g/mol. The number of hydrogen-bond donors (Lipinski definition) is 1. The second-order valence-corrected chi connectivity index (χ2v) is 4.26. The van der Waals surface area contributed by atoms with Crippen LogP contribution in [-0.4, -0.2) is 13.0 Å². The van der Waals surface area contributed by atoms with Gasteiger partial charge in [0.15, 0.2) is 0 Å². The summed E-state index contributed by atoms with van der Waals surface area (Å²) in [6.07, 6.45) is 0.434. The molecule has 0 saturated heterocycles. The van der Waals surface area contributed by atoms with Crippen LogP contribution in [0.2, 0.25) is 0 Å². The van der Waals surface area contributed by atoms with Crippen LogP contribution in [0.1, 0.15) is 5.56 Å². The van der Waals surface area contributed by atoms with Gasteiger partial charge < -0.3 is 10.1 Å². The van der Waals surface area contributed by atoms with Gasteiger partial charge in [-0.3, -0.25) is 4.79 Å². The zero-order valence-electron chi connectivity index (χ0n) is 10.1. The molecule has 3 nitrogen and oxygen atoms in total. The Labute approximate surface area is 105 Å². The highest BCUT2D eigenvalue weighted by molar-refractivity contribution is 6.02. The summed E-state index contributed by atoms with van der Waals surface area (Å²) < 4.78 is 5.38. The van der Waals surface area contributed by atoms with Gasteiger partial charge in [0, 0.05) is 11.3 Å². The van der Waals surface area contributed by atoms with Crippen molar-refractivity contribution in [3.05, 3.63) is 48.0 Å². The summed E-state index contributed by atoms with van der Waals surface area (Å²) in [6, 6.07) is 13.8. The predicted octanol–water partition coefficient (Wildman–Crippen LogP) is 2.86. The number of methoxy groups -OCH3 is 1. The summed E-state index contributed by atoms with van der Waals surface area (Å²) in [4.78, 5) is 11.5. The molecule has 1 amide bonds. The maximum absolute atomic E-state index is 11.5. The Hall–Kier alpha value is -2.29. The molecule has 2 aromatic rings. The molecule has 1 aliphatic heterocycles. The first-order chi connectivity index (χ1) is 8.79. The maximum Gasteiger partial charge on any atom is 0.228 e. The second-order valence-electron chi connectivity index (χ2n) is 4.26. The average Bonchev–Trinajstić information content (AvgIpc) is 2.78. The van der Waals surface area contributed by atoms with Crippen LogP contribution >= 0.6 is 0 Å². The number of para-hydroxylation sites is 1. The Morgan fingerprint density at radius 1 is 1.06 bits per heavy atom. The highest BCUT2D eigenvalue weighted by Crippen LogP contribution is 2.37. The third-order valence-electron chi connectivity index (χ3n) is 3.18. The summed E-state index contributed by atoms with van der Waals surface area (Å²) in [7, 11) is 1.66. The fourth-order valence-electron chi connectivity index (χ4n) is 2.37. The van der Waals surface area contributed by atoms with Crippen molar-refractivity contribution in [3.63, 3.8) is 0 Å². The molecular formula is C15H13NO2. The SMILES string of the molecule is COc1ccccc1-c1cccc2c1CC(=O)N2. The van der Waals surface area contributed by atoms with Crippen molar-refractivity contribution in [2.24, 2.45) is 0 Å².